The number of thiol groups is 1. The molecule has 0 unspecified atom stereocenters. The first-order valence-electron chi connectivity index (χ1n) is 6.18. The molecule has 2 aromatic carbocycles. The number of fused-ring (bicyclic) bond motifs is 1. The van der Waals surface area contributed by atoms with Crippen molar-refractivity contribution < 1.29 is 9.53 Å². The van der Waals surface area contributed by atoms with Gasteiger partial charge >= 0.3 is 0 Å². The highest BCUT2D eigenvalue weighted by molar-refractivity contribution is 7.80. The molecule has 0 spiro atoms. The Morgan fingerprint density at radius 3 is 2.79 bits per heavy atom. The number of carbonyl (C=O) groups is 1. The van der Waals surface area contributed by atoms with Crippen molar-refractivity contribution in [2.24, 2.45) is 0 Å². The van der Waals surface area contributed by atoms with Gasteiger partial charge in [-0.3, -0.25) is 4.79 Å². The first kappa shape index (κ1) is 13.7. The van der Waals surface area contributed by atoms with Gasteiger partial charge in [0.15, 0.2) is 0 Å². The molecule has 0 heterocycles. The standard InChI is InChI=1S/C15H17NO2S/c1-18-14-7-6-11-4-2-3-5-12(11)13(14)10-16-15(17)8-9-19/h2-7,19H,8-10H2,1H3,(H,16,17). The van der Waals surface area contributed by atoms with E-state index in [2.05, 4.69) is 17.9 Å². The quantitative estimate of drug-likeness (QED) is 0.824. The number of hydrogen-bond acceptors (Lipinski definition) is 3. The second-order valence-corrected chi connectivity index (χ2v) is 4.67. The summed E-state index contributed by atoms with van der Waals surface area (Å²) in [5.41, 5.74) is 1.01. The fraction of sp³-hybridized carbons (Fsp3) is 0.267. The second kappa shape index (κ2) is 6.48. The van der Waals surface area contributed by atoms with Gasteiger partial charge in [-0.15, -0.1) is 0 Å². The van der Waals surface area contributed by atoms with Crippen molar-refractivity contribution in [3.63, 3.8) is 0 Å². The Hall–Kier alpha value is -1.68. The normalized spacial score (nSPS) is 10.4. The summed E-state index contributed by atoms with van der Waals surface area (Å²) in [5.74, 6) is 1.35. The number of benzene rings is 2. The van der Waals surface area contributed by atoms with Crippen LogP contribution in [0.4, 0.5) is 0 Å². The topological polar surface area (TPSA) is 38.3 Å². The van der Waals surface area contributed by atoms with Gasteiger partial charge in [0.05, 0.1) is 7.11 Å². The minimum atomic E-state index is 0.00462. The maximum absolute atomic E-state index is 11.6. The smallest absolute Gasteiger partial charge is 0.221 e. The van der Waals surface area contributed by atoms with Crippen LogP contribution in [0.25, 0.3) is 10.8 Å². The molecule has 0 aliphatic rings. The molecule has 2 aromatic rings. The van der Waals surface area contributed by atoms with Crippen molar-refractivity contribution in [1.29, 1.82) is 0 Å². The van der Waals surface area contributed by atoms with Crippen LogP contribution in [0.2, 0.25) is 0 Å². The van der Waals surface area contributed by atoms with E-state index in [1.54, 1.807) is 7.11 Å². The zero-order chi connectivity index (χ0) is 13.7. The molecule has 1 N–H and O–H groups in total. The number of nitrogens with one attached hydrogen (secondary N) is 1. The van der Waals surface area contributed by atoms with Gasteiger partial charge in [0.2, 0.25) is 5.91 Å². The van der Waals surface area contributed by atoms with Gasteiger partial charge in [-0.1, -0.05) is 30.3 Å². The molecule has 3 nitrogen and oxygen atoms in total. The molecule has 0 radical (unpaired) electrons. The third-order valence-corrected chi connectivity index (χ3v) is 3.24. The largest absolute Gasteiger partial charge is 0.496 e. The summed E-state index contributed by atoms with van der Waals surface area (Å²) in [6, 6.07) is 12.0. The fourth-order valence-electron chi connectivity index (χ4n) is 2.07. The fourth-order valence-corrected chi connectivity index (χ4v) is 2.27. The van der Waals surface area contributed by atoms with Crippen LogP contribution >= 0.6 is 12.6 Å². The molecule has 0 fully saturated rings. The molecular weight excluding hydrogens is 258 g/mol. The number of ether oxygens (including phenoxy) is 1. The van der Waals surface area contributed by atoms with E-state index in [0.29, 0.717) is 18.7 Å². The third-order valence-electron chi connectivity index (χ3n) is 3.02. The second-order valence-electron chi connectivity index (χ2n) is 4.22. The molecule has 1 amide bonds. The summed E-state index contributed by atoms with van der Waals surface area (Å²) >= 11 is 4.05. The van der Waals surface area contributed by atoms with Crippen LogP contribution in [0.1, 0.15) is 12.0 Å². The van der Waals surface area contributed by atoms with E-state index in [0.717, 1.165) is 22.1 Å². The van der Waals surface area contributed by atoms with Gasteiger partial charge in [-0.25, -0.2) is 0 Å². The van der Waals surface area contributed by atoms with E-state index in [-0.39, 0.29) is 5.91 Å². The van der Waals surface area contributed by atoms with Crippen molar-refractivity contribution >= 4 is 29.3 Å². The van der Waals surface area contributed by atoms with Crippen LogP contribution in [0.5, 0.6) is 5.75 Å². The van der Waals surface area contributed by atoms with Gasteiger partial charge in [0.25, 0.3) is 0 Å². The molecule has 19 heavy (non-hydrogen) atoms. The van der Waals surface area contributed by atoms with Crippen LogP contribution in [0, 0.1) is 0 Å². The molecule has 100 valence electrons. The lowest BCUT2D eigenvalue weighted by molar-refractivity contribution is -0.120. The Labute approximate surface area is 118 Å². The maximum Gasteiger partial charge on any atom is 0.221 e. The zero-order valence-electron chi connectivity index (χ0n) is 10.8. The number of hydrogen-bond donors (Lipinski definition) is 2. The summed E-state index contributed by atoms with van der Waals surface area (Å²) < 4.78 is 5.38. The predicted octanol–water partition coefficient (Wildman–Crippen LogP) is 2.78. The molecule has 2 rings (SSSR count). The van der Waals surface area contributed by atoms with Crippen LogP contribution in [0.3, 0.4) is 0 Å². The van der Waals surface area contributed by atoms with Gasteiger partial charge in [0.1, 0.15) is 5.75 Å². The summed E-state index contributed by atoms with van der Waals surface area (Å²) in [5, 5.41) is 5.14. The first-order chi connectivity index (χ1) is 9.26. The van der Waals surface area contributed by atoms with Crippen LogP contribution in [-0.4, -0.2) is 18.8 Å². The zero-order valence-corrected chi connectivity index (χ0v) is 11.7. The first-order valence-corrected chi connectivity index (χ1v) is 6.81. The Kier molecular flexibility index (Phi) is 4.68. The molecule has 0 aromatic heterocycles. The van der Waals surface area contributed by atoms with E-state index in [9.17, 15) is 4.79 Å². The average molecular weight is 275 g/mol. The molecule has 0 saturated carbocycles. The predicted molar refractivity (Wildman–Crippen MR) is 80.8 cm³/mol. The van der Waals surface area contributed by atoms with Gasteiger partial charge in [-0.05, 0) is 22.6 Å². The highest BCUT2D eigenvalue weighted by Crippen LogP contribution is 2.27. The summed E-state index contributed by atoms with van der Waals surface area (Å²) in [6.45, 7) is 0.469. The van der Waals surface area contributed by atoms with Crippen molar-refractivity contribution in [3.05, 3.63) is 42.0 Å². The third kappa shape index (κ3) is 3.20. The lowest BCUT2D eigenvalue weighted by Gasteiger charge is -2.13. The Morgan fingerprint density at radius 2 is 2.05 bits per heavy atom. The summed E-state index contributed by atoms with van der Waals surface area (Å²) in [7, 11) is 1.64. The van der Waals surface area contributed by atoms with Crippen molar-refractivity contribution in [2.75, 3.05) is 12.9 Å². The average Bonchev–Trinajstić information content (AvgIpc) is 2.44. The van der Waals surface area contributed by atoms with Gasteiger partial charge < -0.3 is 10.1 Å². The van der Waals surface area contributed by atoms with Crippen LogP contribution in [-0.2, 0) is 11.3 Å². The van der Waals surface area contributed by atoms with E-state index in [1.807, 2.05) is 36.4 Å². The monoisotopic (exact) mass is 275 g/mol. The molecule has 4 heteroatoms. The summed E-state index contributed by atoms with van der Waals surface area (Å²) in [6.07, 6.45) is 0.427. The van der Waals surface area contributed by atoms with E-state index < -0.39 is 0 Å². The molecule has 0 aliphatic heterocycles. The van der Waals surface area contributed by atoms with Gasteiger partial charge in [-0.2, -0.15) is 12.6 Å². The summed E-state index contributed by atoms with van der Waals surface area (Å²) in [4.78, 5) is 11.6. The Balaban J connectivity index is 2.31. The van der Waals surface area contributed by atoms with Crippen LogP contribution < -0.4 is 10.1 Å². The van der Waals surface area contributed by atoms with E-state index in [1.165, 1.54) is 0 Å². The minimum absolute atomic E-state index is 0.00462. The Morgan fingerprint density at radius 1 is 1.26 bits per heavy atom. The number of carbonyl (C=O) groups excluding carboxylic acids is 1. The molecule has 0 aliphatic carbocycles. The number of rotatable bonds is 5. The molecular formula is C15H17NO2S. The molecule has 0 bridgehead atoms. The minimum Gasteiger partial charge on any atom is -0.496 e. The molecule has 0 saturated heterocycles. The number of amides is 1. The van der Waals surface area contributed by atoms with Gasteiger partial charge in [0, 0.05) is 18.5 Å². The lowest BCUT2D eigenvalue weighted by atomic mass is 10.0. The number of methoxy groups -OCH3 is 1. The highest BCUT2D eigenvalue weighted by Gasteiger charge is 2.09. The van der Waals surface area contributed by atoms with Crippen LogP contribution in [0.15, 0.2) is 36.4 Å². The molecule has 0 atom stereocenters. The van der Waals surface area contributed by atoms with Crippen molar-refractivity contribution in [3.8, 4) is 5.75 Å². The van der Waals surface area contributed by atoms with E-state index in [4.69, 9.17) is 4.74 Å². The van der Waals surface area contributed by atoms with E-state index >= 15 is 0 Å². The Bertz CT molecular complexity index is 583. The highest BCUT2D eigenvalue weighted by atomic mass is 32.1. The van der Waals surface area contributed by atoms with Crippen molar-refractivity contribution in [2.45, 2.75) is 13.0 Å². The maximum atomic E-state index is 11.6. The van der Waals surface area contributed by atoms with Crippen molar-refractivity contribution in [1.82, 2.24) is 5.32 Å². The SMILES string of the molecule is COc1ccc2ccccc2c1CNC(=O)CCS. The lowest BCUT2D eigenvalue weighted by Crippen LogP contribution is -2.23.